The molecule has 0 rings (SSSR count). The van der Waals surface area contributed by atoms with Crippen LogP contribution in [0, 0.1) is 0 Å². The second-order valence-corrected chi connectivity index (χ2v) is 13.8. The summed E-state index contributed by atoms with van der Waals surface area (Å²) in [5.74, 6) is -1.37. The molecule has 0 aliphatic heterocycles. The molecule has 306 valence electrons. The number of unbranched alkanes of at least 4 members (excludes halogenated alkanes) is 8. The minimum atomic E-state index is -4.92. The van der Waals surface area contributed by atoms with Crippen LogP contribution in [0.15, 0.2) is 97.0 Å². The smallest absolute Gasteiger partial charge is 0.462 e. The first-order valence-corrected chi connectivity index (χ1v) is 21.3. The molecular formula is C45H73O8P. The maximum atomic E-state index is 12.5. The molecule has 0 radical (unpaired) electrons. The lowest BCUT2D eigenvalue weighted by atomic mass is 10.1. The number of phosphoric acid groups is 1. The lowest BCUT2D eigenvalue weighted by Crippen LogP contribution is -2.29. The number of allylic oxidation sites excluding steroid dienone is 16. The van der Waals surface area contributed by atoms with Crippen LogP contribution >= 0.6 is 7.82 Å². The van der Waals surface area contributed by atoms with Crippen LogP contribution in [0.4, 0.5) is 0 Å². The normalized spacial score (nSPS) is 17.0. The second kappa shape index (κ2) is 39.7. The molecule has 2 N–H and O–H groups in total. The molecule has 0 spiro atoms. The Balaban J connectivity index is 4.72. The van der Waals surface area contributed by atoms with Gasteiger partial charge in [-0.2, -0.15) is 0 Å². The van der Waals surface area contributed by atoms with Gasteiger partial charge in [0.15, 0.2) is 6.10 Å². The van der Waals surface area contributed by atoms with Gasteiger partial charge in [0.25, 0.3) is 0 Å². The third-order valence-corrected chi connectivity index (χ3v) is 7.97. The van der Waals surface area contributed by atoms with Gasteiger partial charge in [0.2, 0.25) is 0 Å². The zero-order chi connectivity index (χ0) is 46.6. The van der Waals surface area contributed by atoms with Crippen LogP contribution in [0.3, 0.4) is 0 Å². The van der Waals surface area contributed by atoms with Gasteiger partial charge in [-0.1, -0.05) is 143 Å². The third kappa shape index (κ3) is 41.7. The van der Waals surface area contributed by atoms with Crippen LogP contribution in [0.2, 0.25) is 0 Å². The van der Waals surface area contributed by atoms with Crippen molar-refractivity contribution in [1.82, 2.24) is 0 Å². The lowest BCUT2D eigenvalue weighted by molar-refractivity contribution is -0.161. The minimum Gasteiger partial charge on any atom is -0.462 e. The number of hydrogen-bond donors (Lipinski definition) is 2. The standard InChI is InChI=1S/C45H73O8P/c1-3-5-7-9-11-13-15-17-19-21-22-24-25-27-29-31-33-35-37-39-44(46)51-41-43(42-52-54(48,49)50)53-45(47)40-38-36-34-32-30-28-26-23-20-18-16-14-12-10-8-6-4-2/h11-14,17-20,22,24,26-29,32,34,43H,3-10,15-16,21,23,25,30-31,33,35-42H2,1-2H3,(H2,48,49,50)/b13-11-,14-12-,19-17-,20-18-,24-22-,28-26-,29-27-,34-32-/t43-/m1/s1/i12D,14D,18D,20D,26D,28D,32D,34D. The Morgan fingerprint density at radius 2 is 0.981 bits per heavy atom. The first-order chi connectivity index (χ1) is 29.5. The number of phosphoric ester groups is 1. The Hall–Kier alpha value is -3.03. The second-order valence-electron chi connectivity index (χ2n) is 12.5. The molecule has 1 atom stereocenters. The van der Waals surface area contributed by atoms with E-state index in [9.17, 15) is 14.2 Å². The molecule has 0 aliphatic rings. The van der Waals surface area contributed by atoms with Crippen molar-refractivity contribution >= 4 is 19.8 Å². The molecule has 54 heavy (non-hydrogen) atoms. The molecule has 0 saturated carbocycles. The van der Waals surface area contributed by atoms with Gasteiger partial charge in [0, 0.05) is 12.8 Å². The van der Waals surface area contributed by atoms with E-state index >= 15 is 0 Å². The average Bonchev–Trinajstić information content (AvgIpc) is 3.22. The number of carbonyl (C=O) groups excluding carboxylic acids is 2. The van der Waals surface area contributed by atoms with Gasteiger partial charge in [-0.15, -0.1) is 0 Å². The number of esters is 2. The van der Waals surface area contributed by atoms with Gasteiger partial charge in [-0.3, -0.25) is 14.1 Å². The van der Waals surface area contributed by atoms with Crippen LogP contribution in [0.5, 0.6) is 0 Å². The van der Waals surface area contributed by atoms with Gasteiger partial charge < -0.3 is 19.3 Å². The summed E-state index contributed by atoms with van der Waals surface area (Å²) >= 11 is 0. The van der Waals surface area contributed by atoms with E-state index in [4.69, 9.17) is 30.2 Å². The molecule has 0 unspecified atom stereocenters. The highest BCUT2D eigenvalue weighted by molar-refractivity contribution is 7.46. The lowest BCUT2D eigenvalue weighted by Gasteiger charge is -2.18. The number of ether oxygens (including phenoxy) is 2. The molecule has 0 heterocycles. The summed E-state index contributed by atoms with van der Waals surface area (Å²) in [5.41, 5.74) is 0. The van der Waals surface area contributed by atoms with E-state index in [1.165, 1.54) is 19.3 Å². The molecule has 0 bridgehead atoms. The van der Waals surface area contributed by atoms with Gasteiger partial charge in [0.05, 0.1) is 17.6 Å². The highest BCUT2D eigenvalue weighted by Gasteiger charge is 2.22. The van der Waals surface area contributed by atoms with Crippen molar-refractivity contribution in [2.24, 2.45) is 0 Å². The molecule has 0 aromatic heterocycles. The SMILES string of the molecule is [2H]/C(CCCCC)=C(\[2H])C/C([2H])=C(/[2H])C/C([2H])=C(/[2H])C/C([2H])=C(/[2H])CCCC(=O)O[C@H](COC(=O)CCCCC/C=C\C/C=C\C/C=C\C/C=C\CCCCC)COP(=O)(O)O. The summed E-state index contributed by atoms with van der Waals surface area (Å²) in [6.45, 7) is 3.03. The molecule has 0 saturated heterocycles. The van der Waals surface area contributed by atoms with Crippen LogP contribution < -0.4 is 0 Å². The number of carbonyl (C=O) groups is 2. The maximum Gasteiger partial charge on any atom is 0.469 e. The van der Waals surface area contributed by atoms with E-state index in [2.05, 4.69) is 60.1 Å². The van der Waals surface area contributed by atoms with Crippen molar-refractivity contribution in [3.8, 4) is 0 Å². The van der Waals surface area contributed by atoms with Crippen LogP contribution in [-0.4, -0.2) is 41.0 Å². The highest BCUT2D eigenvalue weighted by Crippen LogP contribution is 2.36. The summed E-state index contributed by atoms with van der Waals surface area (Å²) in [6.07, 6.45) is 28.8. The molecule has 8 nitrogen and oxygen atoms in total. The Kier molecular flexibility index (Phi) is 27.8. The Labute approximate surface area is 339 Å². The van der Waals surface area contributed by atoms with Crippen molar-refractivity contribution < 1.29 is 48.9 Å². The van der Waals surface area contributed by atoms with E-state index in [0.29, 0.717) is 12.8 Å². The fourth-order valence-electron chi connectivity index (χ4n) is 4.54. The van der Waals surface area contributed by atoms with E-state index < -0.39 is 39.1 Å². The van der Waals surface area contributed by atoms with E-state index in [1.54, 1.807) is 0 Å². The quantitative estimate of drug-likeness (QED) is 0.0279. The van der Waals surface area contributed by atoms with E-state index in [-0.39, 0.29) is 93.4 Å². The fourth-order valence-corrected chi connectivity index (χ4v) is 4.90. The van der Waals surface area contributed by atoms with Crippen LogP contribution in [-0.2, 0) is 28.2 Å². The maximum absolute atomic E-state index is 12.5. The Bertz CT molecular complexity index is 1600. The highest BCUT2D eigenvalue weighted by atomic mass is 31.2. The van der Waals surface area contributed by atoms with Crippen LogP contribution in [0.25, 0.3) is 0 Å². The monoisotopic (exact) mass is 781 g/mol. The zero-order valence-corrected chi connectivity index (χ0v) is 33.9. The summed E-state index contributed by atoms with van der Waals surface area (Å²) in [5, 5.41) is 0. The summed E-state index contributed by atoms with van der Waals surface area (Å²) < 4.78 is 91.1. The molecular weight excluding hydrogens is 699 g/mol. The third-order valence-electron chi connectivity index (χ3n) is 7.48. The van der Waals surface area contributed by atoms with E-state index in [0.717, 1.165) is 64.2 Å². The average molecular weight is 781 g/mol. The molecule has 0 aromatic rings. The molecule has 0 aromatic carbocycles. The topological polar surface area (TPSA) is 119 Å². The molecule has 0 aliphatic carbocycles. The predicted octanol–water partition coefficient (Wildman–Crippen LogP) is 12.6. The first-order valence-electron chi connectivity index (χ1n) is 23.8. The van der Waals surface area contributed by atoms with Crippen molar-refractivity contribution in [3.63, 3.8) is 0 Å². The minimum absolute atomic E-state index is 0.0532. The Morgan fingerprint density at radius 3 is 1.50 bits per heavy atom. The van der Waals surface area contributed by atoms with Gasteiger partial charge in [-0.05, 0) is 96.3 Å². The number of rotatable bonds is 36. The van der Waals surface area contributed by atoms with Crippen LogP contribution in [0.1, 0.15) is 166 Å². The molecule has 9 heteroatoms. The summed E-state index contributed by atoms with van der Waals surface area (Å²) in [6, 6.07) is -1.53. The fraction of sp³-hybridized carbons (Fsp3) is 0.600. The number of hydrogen-bond acceptors (Lipinski definition) is 6. The van der Waals surface area contributed by atoms with Gasteiger partial charge in [0.1, 0.15) is 6.61 Å². The molecule has 0 fully saturated rings. The largest absolute Gasteiger partial charge is 0.469 e. The zero-order valence-electron chi connectivity index (χ0n) is 41.0. The summed E-state index contributed by atoms with van der Waals surface area (Å²) in [4.78, 5) is 43.1. The van der Waals surface area contributed by atoms with Crippen molar-refractivity contribution in [3.05, 3.63) is 97.0 Å². The van der Waals surface area contributed by atoms with Gasteiger partial charge in [-0.25, -0.2) is 4.57 Å². The predicted molar refractivity (Wildman–Crippen MR) is 225 cm³/mol. The van der Waals surface area contributed by atoms with Crippen molar-refractivity contribution in [2.45, 2.75) is 161 Å². The van der Waals surface area contributed by atoms with Gasteiger partial charge >= 0.3 is 19.8 Å². The van der Waals surface area contributed by atoms with Crippen molar-refractivity contribution in [2.75, 3.05) is 13.2 Å². The Morgan fingerprint density at radius 1 is 0.537 bits per heavy atom. The van der Waals surface area contributed by atoms with Crippen molar-refractivity contribution in [1.29, 1.82) is 0 Å². The molecule has 0 amide bonds. The van der Waals surface area contributed by atoms with E-state index in [1.807, 2.05) is 6.92 Å². The summed E-state index contributed by atoms with van der Waals surface area (Å²) in [7, 11) is -4.92. The first kappa shape index (κ1) is 37.9.